The van der Waals surface area contributed by atoms with Crippen molar-refractivity contribution in [3.05, 3.63) is 28.8 Å². The molecule has 4 nitrogen and oxygen atoms in total. The zero-order chi connectivity index (χ0) is 14.6. The van der Waals surface area contributed by atoms with E-state index in [0.717, 1.165) is 0 Å². The van der Waals surface area contributed by atoms with Crippen LogP contribution in [0.3, 0.4) is 0 Å². The Morgan fingerprint density at radius 1 is 1.42 bits per heavy atom. The molecule has 0 aliphatic heterocycles. The Hall–Kier alpha value is -1.10. The lowest BCUT2D eigenvalue weighted by atomic mass is 10.00. The van der Waals surface area contributed by atoms with Gasteiger partial charge in [0, 0.05) is 5.56 Å². The summed E-state index contributed by atoms with van der Waals surface area (Å²) in [6.45, 7) is 5.33. The lowest BCUT2D eigenvalue weighted by molar-refractivity contribution is -0.121. The van der Waals surface area contributed by atoms with Crippen LogP contribution in [0.1, 0.15) is 32.6 Å². The molecule has 1 aromatic rings. The van der Waals surface area contributed by atoms with Gasteiger partial charge in [0.05, 0.1) is 18.2 Å². The fourth-order valence-corrected chi connectivity index (χ4v) is 2.24. The Balaban J connectivity index is 2.94. The van der Waals surface area contributed by atoms with Gasteiger partial charge in [0.1, 0.15) is 17.8 Å². The molecule has 0 spiro atoms. The summed E-state index contributed by atoms with van der Waals surface area (Å²) in [6.07, 6.45) is -1.01. The molecule has 0 aromatic heterocycles. The fourth-order valence-electron chi connectivity index (χ4n) is 1.94. The van der Waals surface area contributed by atoms with E-state index >= 15 is 0 Å². The number of Topliss-reactive ketones (excluding diaryl/α,β-unsaturated/α-hetero) is 1. The maximum Gasteiger partial charge on any atom is 0.147 e. The van der Waals surface area contributed by atoms with E-state index in [4.69, 9.17) is 16.3 Å². The van der Waals surface area contributed by atoms with Crippen molar-refractivity contribution in [2.45, 2.75) is 33.0 Å². The van der Waals surface area contributed by atoms with E-state index in [1.165, 1.54) is 14.0 Å². The van der Waals surface area contributed by atoms with Gasteiger partial charge in [-0.2, -0.15) is 0 Å². The third-order valence-electron chi connectivity index (χ3n) is 2.95. The van der Waals surface area contributed by atoms with Crippen molar-refractivity contribution in [1.82, 2.24) is 5.32 Å². The summed E-state index contributed by atoms with van der Waals surface area (Å²) in [5.74, 6) is 0.550. The molecule has 0 amide bonds. The molecule has 0 saturated carbocycles. The zero-order valence-electron chi connectivity index (χ0n) is 11.6. The first-order chi connectivity index (χ1) is 8.88. The van der Waals surface area contributed by atoms with Gasteiger partial charge in [0.15, 0.2) is 0 Å². The van der Waals surface area contributed by atoms with Crippen LogP contribution in [-0.4, -0.2) is 24.0 Å². The number of carbonyl (C=O) groups is 1. The summed E-state index contributed by atoms with van der Waals surface area (Å²) in [5.41, 5.74) is 0.493. The number of halogens is 1. The van der Waals surface area contributed by atoms with Gasteiger partial charge in [-0.3, -0.25) is 10.1 Å². The molecular weight excluding hydrogens is 266 g/mol. The van der Waals surface area contributed by atoms with Crippen molar-refractivity contribution in [2.24, 2.45) is 5.92 Å². The maximum atomic E-state index is 11.5. The van der Waals surface area contributed by atoms with Crippen LogP contribution in [0.25, 0.3) is 0 Å². The number of aliphatic hydroxyl groups is 1. The lowest BCUT2D eigenvalue weighted by Crippen LogP contribution is -2.42. The van der Waals surface area contributed by atoms with E-state index in [9.17, 15) is 9.90 Å². The Morgan fingerprint density at radius 3 is 2.53 bits per heavy atom. The van der Waals surface area contributed by atoms with Gasteiger partial charge in [-0.25, -0.2) is 0 Å². The number of hydrogen-bond donors (Lipinski definition) is 2. The largest absolute Gasteiger partial charge is 0.495 e. The molecule has 0 heterocycles. The number of hydrogen-bond acceptors (Lipinski definition) is 4. The lowest BCUT2D eigenvalue weighted by Gasteiger charge is -2.24. The Labute approximate surface area is 118 Å². The predicted octanol–water partition coefficient (Wildman–Crippen LogP) is 2.54. The molecule has 0 aliphatic rings. The highest BCUT2D eigenvalue weighted by atomic mass is 35.5. The highest BCUT2D eigenvalue weighted by molar-refractivity contribution is 6.32. The SMILES string of the molecule is COc1cccc(C(O)N[C@H](C(C)=O)C(C)C)c1Cl. The molecule has 1 rings (SSSR count). The average molecular weight is 286 g/mol. The van der Waals surface area contributed by atoms with Crippen molar-refractivity contribution < 1.29 is 14.6 Å². The van der Waals surface area contributed by atoms with Crippen LogP contribution in [0.5, 0.6) is 5.75 Å². The van der Waals surface area contributed by atoms with Gasteiger partial charge in [-0.15, -0.1) is 0 Å². The third kappa shape index (κ3) is 3.93. The van der Waals surface area contributed by atoms with Crippen LogP contribution in [0.4, 0.5) is 0 Å². The molecule has 1 unspecified atom stereocenters. The molecule has 1 aromatic carbocycles. The summed E-state index contributed by atoms with van der Waals surface area (Å²) in [5, 5.41) is 13.4. The minimum atomic E-state index is -1.01. The molecule has 0 bridgehead atoms. The number of rotatable bonds is 6. The van der Waals surface area contributed by atoms with Gasteiger partial charge in [0.25, 0.3) is 0 Å². The number of ketones is 1. The van der Waals surface area contributed by atoms with Crippen molar-refractivity contribution in [3.63, 3.8) is 0 Å². The third-order valence-corrected chi connectivity index (χ3v) is 3.35. The first-order valence-corrected chi connectivity index (χ1v) is 6.53. The smallest absolute Gasteiger partial charge is 0.147 e. The number of aliphatic hydroxyl groups excluding tert-OH is 1. The fraction of sp³-hybridized carbons (Fsp3) is 0.500. The monoisotopic (exact) mass is 285 g/mol. The second kappa shape index (κ2) is 6.89. The molecule has 19 heavy (non-hydrogen) atoms. The summed E-state index contributed by atoms with van der Waals surface area (Å²) >= 11 is 6.14. The molecule has 2 N–H and O–H groups in total. The van der Waals surface area contributed by atoms with Gasteiger partial charge in [0.2, 0.25) is 0 Å². The van der Waals surface area contributed by atoms with Crippen molar-refractivity contribution in [2.75, 3.05) is 7.11 Å². The Kier molecular flexibility index (Phi) is 5.79. The predicted molar refractivity (Wildman–Crippen MR) is 75.4 cm³/mol. The summed E-state index contributed by atoms with van der Waals surface area (Å²) in [6, 6.07) is 4.73. The van der Waals surface area contributed by atoms with Crippen LogP contribution in [0.2, 0.25) is 5.02 Å². The number of carbonyl (C=O) groups excluding carboxylic acids is 1. The van der Waals surface area contributed by atoms with Gasteiger partial charge in [-0.1, -0.05) is 37.6 Å². The number of ether oxygens (including phenoxy) is 1. The number of nitrogens with one attached hydrogen (secondary N) is 1. The first kappa shape index (κ1) is 16.0. The Bertz CT molecular complexity index is 448. The minimum Gasteiger partial charge on any atom is -0.495 e. The van der Waals surface area contributed by atoms with Crippen molar-refractivity contribution >= 4 is 17.4 Å². The van der Waals surface area contributed by atoms with E-state index < -0.39 is 12.3 Å². The highest BCUT2D eigenvalue weighted by Crippen LogP contribution is 2.31. The molecule has 0 radical (unpaired) electrons. The van der Waals surface area contributed by atoms with E-state index in [1.54, 1.807) is 18.2 Å². The molecule has 0 saturated heterocycles. The summed E-state index contributed by atoms with van der Waals surface area (Å²) < 4.78 is 5.10. The van der Waals surface area contributed by atoms with Gasteiger partial charge >= 0.3 is 0 Å². The van der Waals surface area contributed by atoms with E-state index in [-0.39, 0.29) is 11.7 Å². The Morgan fingerprint density at radius 2 is 2.05 bits per heavy atom. The van der Waals surface area contributed by atoms with Crippen molar-refractivity contribution in [1.29, 1.82) is 0 Å². The maximum absolute atomic E-state index is 11.5. The van der Waals surface area contributed by atoms with E-state index in [0.29, 0.717) is 16.3 Å². The van der Waals surface area contributed by atoms with E-state index in [2.05, 4.69) is 5.32 Å². The normalized spacial score (nSPS) is 14.3. The van der Waals surface area contributed by atoms with Gasteiger partial charge < -0.3 is 9.84 Å². The molecular formula is C14H20ClNO3. The van der Waals surface area contributed by atoms with Crippen LogP contribution in [0.15, 0.2) is 18.2 Å². The zero-order valence-corrected chi connectivity index (χ0v) is 12.4. The highest BCUT2D eigenvalue weighted by Gasteiger charge is 2.23. The second-order valence-electron chi connectivity index (χ2n) is 4.77. The molecule has 5 heteroatoms. The minimum absolute atomic E-state index is 0.0203. The van der Waals surface area contributed by atoms with E-state index in [1.807, 2.05) is 13.8 Å². The standard InChI is InChI=1S/C14H20ClNO3/c1-8(2)13(9(3)17)16-14(18)10-6-5-7-11(19-4)12(10)15/h5-8,13-14,16,18H,1-4H3/t13-,14?/m0/s1. The molecule has 0 fully saturated rings. The average Bonchev–Trinajstić information content (AvgIpc) is 2.35. The van der Waals surface area contributed by atoms with Crippen molar-refractivity contribution in [3.8, 4) is 5.75 Å². The van der Waals surface area contributed by atoms with Gasteiger partial charge in [-0.05, 0) is 18.9 Å². The number of benzene rings is 1. The summed E-state index contributed by atoms with van der Waals surface area (Å²) in [4.78, 5) is 11.5. The molecule has 106 valence electrons. The molecule has 2 atom stereocenters. The van der Waals surface area contributed by atoms with Crippen LogP contribution >= 0.6 is 11.6 Å². The second-order valence-corrected chi connectivity index (χ2v) is 5.14. The van der Waals surface area contributed by atoms with Crippen LogP contribution < -0.4 is 10.1 Å². The van der Waals surface area contributed by atoms with Crippen LogP contribution in [-0.2, 0) is 4.79 Å². The quantitative estimate of drug-likeness (QED) is 0.789. The van der Waals surface area contributed by atoms with Crippen LogP contribution in [0, 0.1) is 5.92 Å². The molecule has 0 aliphatic carbocycles. The summed E-state index contributed by atoms with van der Waals surface area (Å²) in [7, 11) is 1.51. The first-order valence-electron chi connectivity index (χ1n) is 6.15. The topological polar surface area (TPSA) is 58.6 Å². The number of methoxy groups -OCH3 is 1.